The summed E-state index contributed by atoms with van der Waals surface area (Å²) in [6.45, 7) is 2.93. The van der Waals surface area contributed by atoms with Crippen LogP contribution in [0.25, 0.3) is 5.70 Å². The third kappa shape index (κ3) is 5.06. The largest absolute Gasteiger partial charge is 0.489 e. The lowest BCUT2D eigenvalue weighted by Crippen LogP contribution is -2.45. The van der Waals surface area contributed by atoms with E-state index in [1.165, 1.54) is 5.57 Å². The molecule has 2 N–H and O–H groups in total. The molecule has 0 aliphatic carbocycles. The number of likely N-dealkylation sites (tertiary alicyclic amines) is 1. The van der Waals surface area contributed by atoms with Gasteiger partial charge in [0.2, 0.25) is 0 Å². The van der Waals surface area contributed by atoms with Gasteiger partial charge in [0.25, 0.3) is 0 Å². The fraction of sp³-hybridized carbons (Fsp3) is 0.292. The van der Waals surface area contributed by atoms with Crippen LogP contribution in [0.3, 0.4) is 0 Å². The number of benzene rings is 2. The molecule has 1 fully saturated rings. The minimum atomic E-state index is -0.735. The molecule has 5 heteroatoms. The summed E-state index contributed by atoms with van der Waals surface area (Å²) in [6, 6.07) is 18.7. The van der Waals surface area contributed by atoms with Crippen LogP contribution in [0.15, 0.2) is 72.3 Å². The maximum Gasteiger partial charge on any atom is 0.304 e. The van der Waals surface area contributed by atoms with Crippen LogP contribution in [0.5, 0.6) is 5.75 Å². The number of nitrogens with one attached hydrogen (secondary N) is 1. The quantitative estimate of drug-likeness (QED) is 0.755. The summed E-state index contributed by atoms with van der Waals surface area (Å²) in [6.07, 6.45) is 5.49. The summed E-state index contributed by atoms with van der Waals surface area (Å²) in [5.74, 6) is 0.123. The van der Waals surface area contributed by atoms with E-state index in [1.807, 2.05) is 30.3 Å². The molecule has 4 rings (SSSR count). The fourth-order valence-electron chi connectivity index (χ4n) is 3.80. The van der Waals surface area contributed by atoms with Crippen molar-refractivity contribution in [1.82, 2.24) is 10.2 Å². The number of piperidine rings is 1. The number of rotatable bonds is 7. The Hall–Kier alpha value is -3.05. The van der Waals surface area contributed by atoms with Gasteiger partial charge in [-0.3, -0.25) is 9.69 Å². The van der Waals surface area contributed by atoms with E-state index in [2.05, 4.69) is 46.6 Å². The highest BCUT2D eigenvalue weighted by Crippen LogP contribution is 2.26. The average molecular weight is 390 g/mol. The number of carboxylic acids is 1. The van der Waals surface area contributed by atoms with Crippen LogP contribution in [0.4, 0.5) is 0 Å². The number of nitrogens with zero attached hydrogens (tertiary/aromatic N) is 1. The number of carboxylic acid groups (broad SMARTS) is 1. The molecule has 5 nitrogen and oxygen atoms in total. The first kappa shape index (κ1) is 19.3. The van der Waals surface area contributed by atoms with Crippen molar-refractivity contribution >= 4 is 11.7 Å². The molecule has 0 radical (unpaired) electrons. The van der Waals surface area contributed by atoms with Gasteiger partial charge >= 0.3 is 5.97 Å². The molecular weight excluding hydrogens is 364 g/mol. The Bertz CT molecular complexity index is 903. The second kappa shape index (κ2) is 8.97. The van der Waals surface area contributed by atoms with Crippen molar-refractivity contribution in [3.8, 4) is 5.75 Å². The molecule has 0 spiro atoms. The number of carbonyl (C=O) groups is 1. The lowest BCUT2D eigenvalue weighted by Gasteiger charge is -2.37. The number of allylic oxidation sites excluding steroid dienone is 2. The highest BCUT2D eigenvalue weighted by Gasteiger charge is 2.26. The monoisotopic (exact) mass is 390 g/mol. The number of dihydropyridines is 1. The van der Waals surface area contributed by atoms with E-state index in [-0.39, 0.29) is 6.42 Å². The van der Waals surface area contributed by atoms with Crippen LogP contribution in [0.2, 0.25) is 0 Å². The third-order valence-electron chi connectivity index (χ3n) is 5.44. The molecule has 2 heterocycles. The van der Waals surface area contributed by atoms with Crippen molar-refractivity contribution in [3.05, 3.63) is 83.4 Å². The Morgan fingerprint density at radius 2 is 1.90 bits per heavy atom. The van der Waals surface area contributed by atoms with E-state index in [0.717, 1.165) is 42.1 Å². The zero-order valence-electron chi connectivity index (χ0n) is 16.4. The minimum Gasteiger partial charge on any atom is -0.489 e. The Morgan fingerprint density at radius 1 is 1.10 bits per heavy atom. The van der Waals surface area contributed by atoms with Crippen molar-refractivity contribution in [2.45, 2.75) is 25.5 Å². The van der Waals surface area contributed by atoms with E-state index < -0.39 is 5.97 Å². The average Bonchev–Trinajstić information content (AvgIpc) is 2.77. The molecule has 0 saturated carbocycles. The molecule has 150 valence electrons. The Balaban J connectivity index is 1.36. The highest BCUT2D eigenvalue weighted by molar-refractivity contribution is 5.69. The molecule has 1 unspecified atom stereocenters. The molecule has 2 aromatic carbocycles. The van der Waals surface area contributed by atoms with Crippen LogP contribution in [-0.4, -0.2) is 41.7 Å². The first-order valence-corrected chi connectivity index (χ1v) is 10.1. The summed E-state index contributed by atoms with van der Waals surface area (Å²) in [4.78, 5) is 13.0. The molecule has 2 aliphatic heterocycles. The van der Waals surface area contributed by atoms with Gasteiger partial charge in [-0.25, -0.2) is 0 Å². The molecule has 0 aromatic heterocycles. The smallest absolute Gasteiger partial charge is 0.304 e. The summed E-state index contributed by atoms with van der Waals surface area (Å²) in [7, 11) is 0. The second-order valence-corrected chi connectivity index (χ2v) is 7.53. The predicted octanol–water partition coefficient (Wildman–Crippen LogP) is 3.69. The second-order valence-electron chi connectivity index (χ2n) is 7.53. The Labute approximate surface area is 171 Å². The Morgan fingerprint density at radius 3 is 2.66 bits per heavy atom. The zero-order valence-corrected chi connectivity index (χ0v) is 16.4. The van der Waals surface area contributed by atoms with Gasteiger partial charge in [0.1, 0.15) is 12.4 Å². The van der Waals surface area contributed by atoms with E-state index in [0.29, 0.717) is 19.2 Å². The van der Waals surface area contributed by atoms with Crippen LogP contribution in [0.1, 0.15) is 24.0 Å². The highest BCUT2D eigenvalue weighted by atomic mass is 16.5. The van der Waals surface area contributed by atoms with Gasteiger partial charge in [0, 0.05) is 25.3 Å². The fourth-order valence-corrected chi connectivity index (χ4v) is 3.80. The van der Waals surface area contributed by atoms with Crippen molar-refractivity contribution in [1.29, 1.82) is 0 Å². The van der Waals surface area contributed by atoms with Crippen LogP contribution >= 0.6 is 0 Å². The van der Waals surface area contributed by atoms with Crippen molar-refractivity contribution in [2.24, 2.45) is 0 Å². The molecule has 1 saturated heterocycles. The maximum atomic E-state index is 10.8. The number of ether oxygens (including phenoxy) is 1. The summed E-state index contributed by atoms with van der Waals surface area (Å²) < 4.78 is 5.87. The summed E-state index contributed by atoms with van der Waals surface area (Å²) in [5, 5.41) is 12.5. The molecule has 0 amide bonds. The molecule has 29 heavy (non-hydrogen) atoms. The number of aliphatic carboxylic acids is 1. The van der Waals surface area contributed by atoms with Crippen LogP contribution < -0.4 is 10.1 Å². The van der Waals surface area contributed by atoms with Gasteiger partial charge in [-0.15, -0.1) is 0 Å². The van der Waals surface area contributed by atoms with Crippen LogP contribution in [-0.2, 0) is 11.4 Å². The topological polar surface area (TPSA) is 61.8 Å². The SMILES string of the molecule is O=C(O)CCN1CCC2NC(c3ccc(OCc4ccccc4)cc3)=CC=C2C1. The van der Waals surface area contributed by atoms with E-state index >= 15 is 0 Å². The number of fused-ring (bicyclic) bond motifs is 1. The molecule has 2 aliphatic rings. The molecule has 2 aromatic rings. The zero-order chi connectivity index (χ0) is 20.1. The van der Waals surface area contributed by atoms with E-state index in [4.69, 9.17) is 9.84 Å². The van der Waals surface area contributed by atoms with Gasteiger partial charge in [0.05, 0.1) is 12.5 Å². The lowest BCUT2D eigenvalue weighted by molar-refractivity contribution is -0.137. The molecular formula is C24H26N2O3. The van der Waals surface area contributed by atoms with Gasteiger partial charge in [0.15, 0.2) is 0 Å². The first-order valence-electron chi connectivity index (χ1n) is 10.1. The van der Waals surface area contributed by atoms with Crippen molar-refractivity contribution in [2.75, 3.05) is 19.6 Å². The van der Waals surface area contributed by atoms with Crippen LogP contribution in [0, 0.1) is 0 Å². The van der Waals surface area contributed by atoms with Gasteiger partial charge in [-0.05, 0) is 53.5 Å². The van der Waals surface area contributed by atoms with Gasteiger partial charge in [-0.1, -0.05) is 36.4 Å². The Kier molecular flexibility index (Phi) is 5.96. The lowest BCUT2D eigenvalue weighted by atomic mass is 9.93. The van der Waals surface area contributed by atoms with Crippen molar-refractivity contribution in [3.63, 3.8) is 0 Å². The van der Waals surface area contributed by atoms with Crippen molar-refractivity contribution < 1.29 is 14.6 Å². The number of hydrogen-bond donors (Lipinski definition) is 2. The number of hydrogen-bond acceptors (Lipinski definition) is 4. The summed E-state index contributed by atoms with van der Waals surface area (Å²) >= 11 is 0. The minimum absolute atomic E-state index is 0.200. The van der Waals surface area contributed by atoms with Gasteiger partial charge < -0.3 is 15.2 Å². The first-order chi connectivity index (χ1) is 14.2. The third-order valence-corrected chi connectivity index (χ3v) is 5.44. The van der Waals surface area contributed by atoms with Gasteiger partial charge in [-0.2, -0.15) is 0 Å². The van der Waals surface area contributed by atoms with E-state index in [9.17, 15) is 4.79 Å². The molecule has 0 bridgehead atoms. The predicted molar refractivity (Wildman–Crippen MR) is 114 cm³/mol. The van der Waals surface area contributed by atoms with E-state index in [1.54, 1.807) is 0 Å². The summed E-state index contributed by atoms with van der Waals surface area (Å²) in [5.41, 5.74) is 4.74. The maximum absolute atomic E-state index is 10.8. The molecule has 1 atom stereocenters. The normalized spacial score (nSPS) is 18.8. The standard InChI is InChI=1S/C24H26N2O3/c27-24(28)13-15-26-14-12-23-20(16-26)8-11-22(25-23)19-6-9-21(10-7-19)29-17-18-4-2-1-3-5-18/h1-11,23,25H,12-17H2,(H,27,28).